The van der Waals surface area contributed by atoms with Crippen LogP contribution in [0.1, 0.15) is 27.7 Å². The molecule has 0 aromatic rings. The SMILES string of the molecule is CCO[C@H]1[C@@H](OC)[C@H](C)OC(C)[C@@H]1OCC. The monoisotopic (exact) mass is 232 g/mol. The van der Waals surface area contributed by atoms with Gasteiger partial charge in [-0.15, -0.1) is 0 Å². The fraction of sp³-hybridized carbons (Fsp3) is 1.00. The maximum Gasteiger partial charge on any atom is 0.115 e. The summed E-state index contributed by atoms with van der Waals surface area (Å²) in [7, 11) is 1.69. The van der Waals surface area contributed by atoms with Gasteiger partial charge in [0.15, 0.2) is 0 Å². The van der Waals surface area contributed by atoms with Crippen molar-refractivity contribution in [1.29, 1.82) is 0 Å². The zero-order valence-corrected chi connectivity index (χ0v) is 10.9. The van der Waals surface area contributed by atoms with E-state index in [4.69, 9.17) is 18.9 Å². The minimum absolute atomic E-state index is 0.0354. The molecule has 1 saturated heterocycles. The first-order valence-corrected chi connectivity index (χ1v) is 6.07. The predicted octanol–water partition coefficient (Wildman–Crippen LogP) is 1.62. The Morgan fingerprint density at radius 2 is 1.38 bits per heavy atom. The molecule has 0 aromatic carbocycles. The third-order valence-electron chi connectivity index (χ3n) is 2.99. The molecular weight excluding hydrogens is 208 g/mol. The van der Waals surface area contributed by atoms with E-state index in [1.807, 2.05) is 27.7 Å². The van der Waals surface area contributed by atoms with Crippen LogP contribution in [-0.4, -0.2) is 50.8 Å². The second kappa shape index (κ2) is 6.55. The van der Waals surface area contributed by atoms with Gasteiger partial charge >= 0.3 is 0 Å². The molecule has 4 heteroatoms. The first kappa shape index (κ1) is 13.9. The number of methoxy groups -OCH3 is 1. The van der Waals surface area contributed by atoms with E-state index in [1.54, 1.807) is 7.11 Å². The summed E-state index contributed by atoms with van der Waals surface area (Å²) in [5.74, 6) is 0. The van der Waals surface area contributed by atoms with E-state index in [-0.39, 0.29) is 30.5 Å². The van der Waals surface area contributed by atoms with E-state index >= 15 is 0 Å². The molecule has 0 bridgehead atoms. The predicted molar refractivity (Wildman–Crippen MR) is 61.6 cm³/mol. The Balaban J connectivity index is 2.77. The maximum atomic E-state index is 5.80. The van der Waals surface area contributed by atoms with Crippen molar-refractivity contribution in [2.75, 3.05) is 20.3 Å². The number of hydrogen-bond donors (Lipinski definition) is 0. The van der Waals surface area contributed by atoms with Gasteiger partial charge in [-0.25, -0.2) is 0 Å². The van der Waals surface area contributed by atoms with Crippen LogP contribution in [0.3, 0.4) is 0 Å². The van der Waals surface area contributed by atoms with Crippen LogP contribution in [0.4, 0.5) is 0 Å². The van der Waals surface area contributed by atoms with Crippen LogP contribution >= 0.6 is 0 Å². The van der Waals surface area contributed by atoms with Crippen LogP contribution < -0.4 is 0 Å². The quantitative estimate of drug-likeness (QED) is 0.722. The molecule has 0 aromatic heterocycles. The fourth-order valence-electron chi connectivity index (χ4n) is 2.35. The minimum atomic E-state index is -0.0623. The lowest BCUT2D eigenvalue weighted by Gasteiger charge is -2.43. The molecular formula is C12H24O4. The van der Waals surface area contributed by atoms with Gasteiger partial charge in [0.05, 0.1) is 12.2 Å². The van der Waals surface area contributed by atoms with Crippen LogP contribution in [0.25, 0.3) is 0 Å². The van der Waals surface area contributed by atoms with Gasteiger partial charge < -0.3 is 18.9 Å². The largest absolute Gasteiger partial charge is 0.376 e. The van der Waals surface area contributed by atoms with Crippen LogP contribution in [0.2, 0.25) is 0 Å². The highest BCUT2D eigenvalue weighted by molar-refractivity contribution is 4.92. The smallest absolute Gasteiger partial charge is 0.115 e. The van der Waals surface area contributed by atoms with Crippen molar-refractivity contribution in [2.45, 2.75) is 58.2 Å². The van der Waals surface area contributed by atoms with Crippen molar-refractivity contribution < 1.29 is 18.9 Å². The molecule has 5 atom stereocenters. The highest BCUT2D eigenvalue weighted by Crippen LogP contribution is 2.27. The minimum Gasteiger partial charge on any atom is -0.376 e. The average molecular weight is 232 g/mol. The normalized spacial score (nSPS) is 39.9. The molecule has 4 nitrogen and oxygen atoms in total. The van der Waals surface area contributed by atoms with Crippen molar-refractivity contribution >= 4 is 0 Å². The molecule has 0 N–H and O–H groups in total. The molecule has 1 heterocycles. The number of ether oxygens (including phenoxy) is 4. The summed E-state index contributed by atoms with van der Waals surface area (Å²) in [5.41, 5.74) is 0. The van der Waals surface area contributed by atoms with E-state index in [1.165, 1.54) is 0 Å². The number of rotatable bonds is 5. The van der Waals surface area contributed by atoms with E-state index < -0.39 is 0 Å². The Hall–Kier alpha value is -0.160. The van der Waals surface area contributed by atoms with E-state index in [2.05, 4.69) is 0 Å². The highest BCUT2D eigenvalue weighted by atomic mass is 16.6. The number of hydrogen-bond acceptors (Lipinski definition) is 4. The molecule has 1 rings (SSSR count). The summed E-state index contributed by atoms with van der Waals surface area (Å²) >= 11 is 0. The van der Waals surface area contributed by atoms with Gasteiger partial charge in [-0.2, -0.15) is 0 Å². The summed E-state index contributed by atoms with van der Waals surface area (Å²) in [6.45, 7) is 9.32. The lowest BCUT2D eigenvalue weighted by atomic mass is 9.96. The summed E-state index contributed by atoms with van der Waals surface area (Å²) in [6.07, 6.45) is -0.0846. The van der Waals surface area contributed by atoms with Gasteiger partial charge in [-0.1, -0.05) is 0 Å². The average Bonchev–Trinajstić information content (AvgIpc) is 2.24. The van der Waals surface area contributed by atoms with Crippen molar-refractivity contribution in [3.63, 3.8) is 0 Å². The Morgan fingerprint density at radius 3 is 1.88 bits per heavy atom. The fourth-order valence-corrected chi connectivity index (χ4v) is 2.35. The molecule has 0 radical (unpaired) electrons. The Morgan fingerprint density at radius 1 is 0.875 bits per heavy atom. The first-order valence-electron chi connectivity index (χ1n) is 6.07. The molecule has 0 aliphatic carbocycles. The molecule has 1 aliphatic heterocycles. The van der Waals surface area contributed by atoms with E-state index in [9.17, 15) is 0 Å². The van der Waals surface area contributed by atoms with Gasteiger partial charge in [-0.05, 0) is 27.7 Å². The summed E-state index contributed by atoms with van der Waals surface area (Å²) < 4.78 is 22.7. The second-order valence-corrected chi connectivity index (χ2v) is 4.09. The Bertz CT molecular complexity index is 197. The van der Waals surface area contributed by atoms with E-state index in [0.29, 0.717) is 13.2 Å². The van der Waals surface area contributed by atoms with Gasteiger partial charge in [0, 0.05) is 20.3 Å². The highest BCUT2D eigenvalue weighted by Gasteiger charge is 2.43. The lowest BCUT2D eigenvalue weighted by molar-refractivity contribution is -0.243. The third-order valence-corrected chi connectivity index (χ3v) is 2.99. The zero-order chi connectivity index (χ0) is 12.1. The molecule has 0 saturated carbocycles. The molecule has 1 unspecified atom stereocenters. The second-order valence-electron chi connectivity index (χ2n) is 4.09. The van der Waals surface area contributed by atoms with Crippen LogP contribution in [0.5, 0.6) is 0 Å². The van der Waals surface area contributed by atoms with Crippen LogP contribution in [0.15, 0.2) is 0 Å². The molecule has 0 spiro atoms. The topological polar surface area (TPSA) is 36.9 Å². The van der Waals surface area contributed by atoms with Crippen LogP contribution in [0, 0.1) is 0 Å². The third kappa shape index (κ3) is 2.94. The summed E-state index contributed by atoms with van der Waals surface area (Å²) in [5, 5.41) is 0. The van der Waals surface area contributed by atoms with Gasteiger partial charge in [0.25, 0.3) is 0 Å². The van der Waals surface area contributed by atoms with Gasteiger partial charge in [-0.3, -0.25) is 0 Å². The molecule has 96 valence electrons. The molecule has 16 heavy (non-hydrogen) atoms. The first-order chi connectivity index (χ1) is 7.65. The van der Waals surface area contributed by atoms with E-state index in [0.717, 1.165) is 0 Å². The molecule has 1 aliphatic rings. The molecule has 1 fully saturated rings. The van der Waals surface area contributed by atoms with Crippen LogP contribution in [-0.2, 0) is 18.9 Å². The summed E-state index contributed by atoms with van der Waals surface area (Å²) in [4.78, 5) is 0. The van der Waals surface area contributed by atoms with Crippen molar-refractivity contribution in [2.24, 2.45) is 0 Å². The summed E-state index contributed by atoms with van der Waals surface area (Å²) in [6, 6.07) is 0. The van der Waals surface area contributed by atoms with Gasteiger partial charge in [0.1, 0.15) is 18.3 Å². The van der Waals surface area contributed by atoms with Crippen molar-refractivity contribution in [3.05, 3.63) is 0 Å². The standard InChI is InChI=1S/C12H24O4/c1-6-14-11-9(4)16-8(3)10(13-5)12(11)15-7-2/h8-12H,6-7H2,1-5H3/t8-,9?,10-,11-,12-/m0/s1. The Kier molecular flexibility index (Phi) is 5.69. The van der Waals surface area contributed by atoms with Crippen molar-refractivity contribution in [1.82, 2.24) is 0 Å². The molecule has 0 amide bonds. The zero-order valence-electron chi connectivity index (χ0n) is 10.9. The van der Waals surface area contributed by atoms with Crippen molar-refractivity contribution in [3.8, 4) is 0 Å². The maximum absolute atomic E-state index is 5.80. The van der Waals surface area contributed by atoms with Gasteiger partial charge in [0.2, 0.25) is 0 Å². The Labute approximate surface area is 98.2 Å². The lowest BCUT2D eigenvalue weighted by Crippen LogP contribution is -2.58.